The quantitative estimate of drug-likeness (QED) is 0.388. The number of amides is 1. The molecule has 2 N–H and O–H groups in total. The molecule has 4 rings (SSSR count). The van der Waals surface area contributed by atoms with Gasteiger partial charge in [-0.25, -0.2) is 9.78 Å². The number of esters is 1. The van der Waals surface area contributed by atoms with Crippen LogP contribution in [0.4, 0.5) is 5.00 Å². The Labute approximate surface area is 183 Å². The number of carbonyl (C=O) groups is 2. The Hall–Kier alpha value is -2.32. The molecule has 3 aromatic rings. The molecule has 0 radical (unpaired) electrons. The van der Waals surface area contributed by atoms with E-state index in [0.29, 0.717) is 28.7 Å². The van der Waals surface area contributed by atoms with Crippen molar-refractivity contribution in [2.45, 2.75) is 56.4 Å². The average Bonchev–Trinajstić information content (AvgIpc) is 3.32. The summed E-state index contributed by atoms with van der Waals surface area (Å²) in [5, 5.41) is 4.05. The second-order valence-corrected chi connectivity index (χ2v) is 9.50. The smallest absolute Gasteiger partial charge is 0.341 e. The van der Waals surface area contributed by atoms with E-state index in [9.17, 15) is 9.59 Å². The van der Waals surface area contributed by atoms with Gasteiger partial charge in [0, 0.05) is 4.88 Å². The van der Waals surface area contributed by atoms with E-state index in [-0.39, 0.29) is 17.1 Å². The predicted octanol–water partition coefficient (Wildman–Crippen LogP) is 5.19. The second kappa shape index (κ2) is 9.22. The van der Waals surface area contributed by atoms with Crippen LogP contribution >= 0.6 is 23.1 Å². The number of hydrogen-bond donors (Lipinski definition) is 2. The molecule has 1 aliphatic carbocycles. The number of aromatic nitrogens is 2. The minimum absolute atomic E-state index is 0.118. The fourth-order valence-electron chi connectivity index (χ4n) is 3.71. The minimum Gasteiger partial charge on any atom is -0.462 e. The molecule has 8 heteroatoms. The summed E-state index contributed by atoms with van der Waals surface area (Å²) in [6, 6.07) is 7.81. The molecule has 1 atom stereocenters. The fraction of sp³-hybridized carbons (Fsp3) is 0.409. The van der Waals surface area contributed by atoms with Crippen molar-refractivity contribution in [3.05, 3.63) is 40.3 Å². The number of imidazole rings is 1. The van der Waals surface area contributed by atoms with Gasteiger partial charge in [-0.3, -0.25) is 4.79 Å². The topological polar surface area (TPSA) is 84.1 Å². The highest BCUT2D eigenvalue weighted by Crippen LogP contribution is 2.39. The Morgan fingerprint density at radius 3 is 2.83 bits per heavy atom. The lowest BCUT2D eigenvalue weighted by molar-refractivity contribution is -0.115. The number of para-hydroxylation sites is 2. The number of nitrogens with zero attached hydrogens (tertiary/aromatic N) is 1. The van der Waals surface area contributed by atoms with E-state index in [4.69, 9.17) is 4.74 Å². The Balaban J connectivity index is 1.55. The lowest BCUT2D eigenvalue weighted by Gasteiger charge is -2.14. The van der Waals surface area contributed by atoms with Gasteiger partial charge in [0.25, 0.3) is 0 Å². The van der Waals surface area contributed by atoms with Crippen LogP contribution in [-0.2, 0) is 22.4 Å². The van der Waals surface area contributed by atoms with Gasteiger partial charge in [-0.1, -0.05) is 30.8 Å². The van der Waals surface area contributed by atoms with Crippen molar-refractivity contribution in [2.24, 2.45) is 0 Å². The number of aryl methyl sites for hydroxylation is 1. The van der Waals surface area contributed by atoms with Gasteiger partial charge in [-0.2, -0.15) is 0 Å². The molecule has 0 fully saturated rings. The number of thioether (sulfide) groups is 1. The van der Waals surface area contributed by atoms with Crippen LogP contribution in [0.15, 0.2) is 29.4 Å². The van der Waals surface area contributed by atoms with Crippen LogP contribution in [0.5, 0.6) is 0 Å². The van der Waals surface area contributed by atoms with Crippen molar-refractivity contribution in [2.75, 3.05) is 11.9 Å². The van der Waals surface area contributed by atoms with Crippen molar-refractivity contribution in [1.29, 1.82) is 0 Å². The van der Waals surface area contributed by atoms with Gasteiger partial charge >= 0.3 is 5.97 Å². The van der Waals surface area contributed by atoms with Gasteiger partial charge in [-0.15, -0.1) is 11.3 Å². The summed E-state index contributed by atoms with van der Waals surface area (Å²) in [5.74, 6) is -0.461. The number of carbonyl (C=O) groups excluding carboxylic acids is 2. The maximum Gasteiger partial charge on any atom is 0.341 e. The first kappa shape index (κ1) is 20.9. The van der Waals surface area contributed by atoms with Gasteiger partial charge in [-0.05, 0) is 56.7 Å². The van der Waals surface area contributed by atoms with Crippen LogP contribution in [0.2, 0.25) is 0 Å². The van der Waals surface area contributed by atoms with Crippen molar-refractivity contribution in [3.63, 3.8) is 0 Å². The third kappa shape index (κ3) is 4.25. The third-order valence-corrected chi connectivity index (χ3v) is 7.63. The number of rotatable bonds is 7. The van der Waals surface area contributed by atoms with Crippen LogP contribution in [-0.4, -0.2) is 33.7 Å². The Bertz CT molecular complexity index is 1040. The number of aromatic amines is 1. The van der Waals surface area contributed by atoms with Crippen molar-refractivity contribution < 1.29 is 14.3 Å². The summed E-state index contributed by atoms with van der Waals surface area (Å²) in [7, 11) is 0. The molecule has 158 valence electrons. The molecule has 0 saturated heterocycles. The number of fused-ring (bicyclic) bond motifs is 2. The highest BCUT2D eigenvalue weighted by atomic mass is 32.2. The highest BCUT2D eigenvalue weighted by Gasteiger charge is 2.29. The van der Waals surface area contributed by atoms with Crippen LogP contribution in [0.25, 0.3) is 11.0 Å². The Kier molecular flexibility index (Phi) is 6.43. The summed E-state index contributed by atoms with van der Waals surface area (Å²) in [4.78, 5) is 34.7. The predicted molar refractivity (Wildman–Crippen MR) is 122 cm³/mol. The molecule has 30 heavy (non-hydrogen) atoms. The zero-order valence-corrected chi connectivity index (χ0v) is 18.8. The second-order valence-electron chi connectivity index (χ2n) is 7.20. The number of ether oxygens (including phenoxy) is 1. The summed E-state index contributed by atoms with van der Waals surface area (Å²) >= 11 is 2.93. The third-order valence-electron chi connectivity index (χ3n) is 5.17. The summed E-state index contributed by atoms with van der Waals surface area (Å²) < 4.78 is 5.29. The Morgan fingerprint density at radius 2 is 2.07 bits per heavy atom. The maximum absolute atomic E-state index is 13.1. The number of hydrogen-bond acceptors (Lipinski definition) is 6. The molecule has 0 aliphatic heterocycles. The van der Waals surface area contributed by atoms with Crippen molar-refractivity contribution in [3.8, 4) is 0 Å². The van der Waals surface area contributed by atoms with Crippen LogP contribution in [0.1, 0.15) is 53.9 Å². The molecule has 2 heterocycles. The Morgan fingerprint density at radius 1 is 1.27 bits per heavy atom. The lowest BCUT2D eigenvalue weighted by Crippen LogP contribution is -2.25. The highest BCUT2D eigenvalue weighted by molar-refractivity contribution is 8.00. The maximum atomic E-state index is 13.1. The molecule has 0 saturated carbocycles. The zero-order valence-electron chi connectivity index (χ0n) is 17.1. The molecular weight excluding hydrogens is 418 g/mol. The summed E-state index contributed by atoms with van der Waals surface area (Å²) in [6.45, 7) is 4.09. The van der Waals surface area contributed by atoms with E-state index in [2.05, 4.69) is 15.3 Å². The molecule has 0 spiro atoms. The summed E-state index contributed by atoms with van der Waals surface area (Å²) in [5.41, 5.74) is 3.43. The van der Waals surface area contributed by atoms with E-state index < -0.39 is 0 Å². The van der Waals surface area contributed by atoms with E-state index in [1.807, 2.05) is 31.2 Å². The van der Waals surface area contributed by atoms with E-state index in [0.717, 1.165) is 42.3 Å². The normalized spacial score (nSPS) is 14.3. The van der Waals surface area contributed by atoms with Crippen molar-refractivity contribution in [1.82, 2.24) is 9.97 Å². The standard InChI is InChI=1S/C22H25N3O3S2/c1-3-16(30-22-23-14-10-6-7-11-15(14)24-22)19(26)25-20-18(21(27)28-4-2)13-9-5-8-12-17(13)29-20/h6-7,10-11,16H,3-5,8-9,12H2,1-2H3,(H,23,24)(H,25,26). The molecular formula is C22H25N3O3S2. The fourth-order valence-corrected chi connectivity index (χ4v) is 5.91. The molecule has 2 aromatic heterocycles. The zero-order chi connectivity index (χ0) is 21.1. The van der Waals surface area contributed by atoms with E-state index in [1.165, 1.54) is 28.0 Å². The largest absolute Gasteiger partial charge is 0.462 e. The number of anilines is 1. The molecule has 0 bridgehead atoms. The van der Waals surface area contributed by atoms with Gasteiger partial charge in [0.2, 0.25) is 5.91 Å². The van der Waals surface area contributed by atoms with Crippen LogP contribution < -0.4 is 5.32 Å². The minimum atomic E-state index is -0.342. The average molecular weight is 444 g/mol. The van der Waals surface area contributed by atoms with E-state index >= 15 is 0 Å². The first-order valence-corrected chi connectivity index (χ1v) is 12.0. The molecule has 1 amide bonds. The van der Waals surface area contributed by atoms with E-state index in [1.54, 1.807) is 6.92 Å². The first-order chi connectivity index (χ1) is 14.6. The summed E-state index contributed by atoms with van der Waals surface area (Å²) in [6.07, 6.45) is 4.63. The van der Waals surface area contributed by atoms with Gasteiger partial charge in [0.15, 0.2) is 5.16 Å². The SMILES string of the molecule is CCOC(=O)c1c(NC(=O)C(CC)Sc2nc3ccccc3[nH]2)sc2c1CCCC2. The van der Waals surface area contributed by atoms with Crippen LogP contribution in [0.3, 0.4) is 0 Å². The number of H-pyrrole nitrogens is 1. The first-order valence-electron chi connectivity index (χ1n) is 10.3. The van der Waals surface area contributed by atoms with Gasteiger partial charge in [0.05, 0.1) is 28.5 Å². The number of benzene rings is 1. The molecule has 1 unspecified atom stereocenters. The lowest BCUT2D eigenvalue weighted by atomic mass is 9.95. The molecule has 1 aliphatic rings. The van der Waals surface area contributed by atoms with Crippen LogP contribution in [0, 0.1) is 0 Å². The molecule has 1 aromatic carbocycles. The van der Waals surface area contributed by atoms with Gasteiger partial charge in [0.1, 0.15) is 5.00 Å². The number of thiophene rings is 1. The number of nitrogens with one attached hydrogen (secondary N) is 2. The molecule has 6 nitrogen and oxygen atoms in total. The van der Waals surface area contributed by atoms with Gasteiger partial charge < -0.3 is 15.0 Å². The monoisotopic (exact) mass is 443 g/mol. The van der Waals surface area contributed by atoms with Crippen molar-refractivity contribution >= 4 is 51.0 Å².